The van der Waals surface area contributed by atoms with Crippen molar-refractivity contribution < 1.29 is 0 Å². The minimum Gasteiger partial charge on any atom is -0.0654 e. The SMILES string of the molecule is CCCCCCCCCCCCCC[CH]C(C)(C)C. The topological polar surface area (TPSA) is 0 Å². The normalized spacial score (nSPS) is 12.0. The monoisotopic (exact) mass is 267 g/mol. The highest BCUT2D eigenvalue weighted by Crippen LogP contribution is 2.21. The van der Waals surface area contributed by atoms with Crippen molar-refractivity contribution >= 4 is 0 Å². The van der Waals surface area contributed by atoms with E-state index in [2.05, 4.69) is 34.1 Å². The summed E-state index contributed by atoms with van der Waals surface area (Å²) in [6.07, 6.45) is 21.1. The van der Waals surface area contributed by atoms with Crippen LogP contribution < -0.4 is 0 Å². The number of unbranched alkanes of at least 4 members (excludes halogenated alkanes) is 12. The zero-order valence-electron chi connectivity index (χ0n) is 14.3. The first kappa shape index (κ1) is 19.0. The number of hydrogen-bond acceptors (Lipinski definition) is 0. The zero-order valence-corrected chi connectivity index (χ0v) is 14.3. The van der Waals surface area contributed by atoms with Gasteiger partial charge in [-0.05, 0) is 18.3 Å². The van der Waals surface area contributed by atoms with Crippen LogP contribution in [0.25, 0.3) is 0 Å². The molecule has 0 heteroatoms. The Morgan fingerprint density at radius 1 is 0.579 bits per heavy atom. The molecular formula is C19H39. The van der Waals surface area contributed by atoms with Crippen LogP contribution in [0.1, 0.15) is 111 Å². The molecule has 0 aromatic carbocycles. The molecule has 0 aliphatic carbocycles. The summed E-state index contributed by atoms with van der Waals surface area (Å²) in [7, 11) is 0. The first-order valence-corrected chi connectivity index (χ1v) is 8.90. The molecule has 0 aliphatic heterocycles. The van der Waals surface area contributed by atoms with Crippen molar-refractivity contribution in [2.75, 3.05) is 0 Å². The van der Waals surface area contributed by atoms with Crippen LogP contribution in [0.3, 0.4) is 0 Å². The highest BCUT2D eigenvalue weighted by molar-refractivity contribution is 4.79. The molecule has 1 radical (unpaired) electrons. The lowest BCUT2D eigenvalue weighted by Crippen LogP contribution is -2.04. The van der Waals surface area contributed by atoms with Crippen LogP contribution in [-0.2, 0) is 0 Å². The Balaban J connectivity index is 2.99. The number of hydrogen-bond donors (Lipinski definition) is 0. The van der Waals surface area contributed by atoms with Gasteiger partial charge in [0.2, 0.25) is 0 Å². The van der Waals surface area contributed by atoms with Gasteiger partial charge in [0, 0.05) is 0 Å². The number of rotatable bonds is 13. The Morgan fingerprint density at radius 3 is 1.32 bits per heavy atom. The van der Waals surface area contributed by atoms with Crippen LogP contribution in [0.5, 0.6) is 0 Å². The van der Waals surface area contributed by atoms with E-state index in [1.54, 1.807) is 0 Å². The zero-order chi connectivity index (χ0) is 14.4. The summed E-state index contributed by atoms with van der Waals surface area (Å²) in [4.78, 5) is 0. The Labute approximate surface area is 123 Å². The lowest BCUT2D eigenvalue weighted by Gasteiger charge is -2.16. The van der Waals surface area contributed by atoms with Gasteiger partial charge in [0.15, 0.2) is 0 Å². The second-order valence-electron chi connectivity index (χ2n) is 7.25. The van der Waals surface area contributed by atoms with Crippen molar-refractivity contribution in [3.8, 4) is 0 Å². The first-order chi connectivity index (χ1) is 9.06. The molecule has 0 aromatic heterocycles. The van der Waals surface area contributed by atoms with Gasteiger partial charge in [-0.15, -0.1) is 0 Å². The second kappa shape index (κ2) is 13.0. The highest BCUT2D eigenvalue weighted by Gasteiger charge is 2.08. The molecule has 0 aliphatic rings. The van der Waals surface area contributed by atoms with Gasteiger partial charge in [-0.25, -0.2) is 0 Å². The fraction of sp³-hybridized carbons (Fsp3) is 0.947. The van der Waals surface area contributed by atoms with Gasteiger partial charge in [-0.3, -0.25) is 0 Å². The third kappa shape index (κ3) is 18.0. The average Bonchev–Trinajstić information content (AvgIpc) is 2.34. The van der Waals surface area contributed by atoms with Crippen molar-refractivity contribution in [1.82, 2.24) is 0 Å². The van der Waals surface area contributed by atoms with Gasteiger partial charge in [0.25, 0.3) is 0 Å². The van der Waals surface area contributed by atoms with Crippen LogP contribution in [0.15, 0.2) is 0 Å². The molecule has 0 saturated carbocycles. The van der Waals surface area contributed by atoms with E-state index in [1.807, 2.05) is 0 Å². The minimum absolute atomic E-state index is 0.414. The molecule has 0 aromatic rings. The standard InChI is InChI=1S/C19H39/c1-5-6-7-8-9-10-11-12-13-14-15-16-17-18-19(2,3)4/h18H,5-17H2,1-4H3. The lowest BCUT2D eigenvalue weighted by molar-refractivity contribution is 0.460. The van der Waals surface area contributed by atoms with E-state index in [4.69, 9.17) is 0 Å². The maximum absolute atomic E-state index is 2.48. The molecule has 0 N–H and O–H groups in total. The maximum Gasteiger partial charge on any atom is -0.0332 e. The smallest absolute Gasteiger partial charge is 0.0332 e. The Hall–Kier alpha value is 0. The molecule has 0 amide bonds. The fourth-order valence-corrected chi connectivity index (χ4v) is 2.52. The lowest BCUT2D eigenvalue weighted by atomic mass is 9.89. The maximum atomic E-state index is 2.48. The largest absolute Gasteiger partial charge is 0.0654 e. The Morgan fingerprint density at radius 2 is 0.947 bits per heavy atom. The average molecular weight is 268 g/mol. The van der Waals surface area contributed by atoms with Crippen LogP contribution in [0.4, 0.5) is 0 Å². The molecule has 0 bridgehead atoms. The van der Waals surface area contributed by atoms with Crippen LogP contribution in [0, 0.1) is 11.8 Å². The van der Waals surface area contributed by atoms with Crippen molar-refractivity contribution in [3.63, 3.8) is 0 Å². The highest BCUT2D eigenvalue weighted by atomic mass is 14.1. The van der Waals surface area contributed by atoms with Crippen LogP contribution in [0.2, 0.25) is 0 Å². The summed E-state index contributed by atoms with van der Waals surface area (Å²) in [5.74, 6) is 0. The molecule has 0 spiro atoms. The van der Waals surface area contributed by atoms with Gasteiger partial charge in [-0.2, -0.15) is 0 Å². The molecule has 19 heavy (non-hydrogen) atoms. The van der Waals surface area contributed by atoms with Gasteiger partial charge >= 0.3 is 0 Å². The fourth-order valence-electron chi connectivity index (χ4n) is 2.52. The van der Waals surface area contributed by atoms with E-state index in [9.17, 15) is 0 Å². The van der Waals surface area contributed by atoms with E-state index in [0.29, 0.717) is 5.41 Å². The molecular weight excluding hydrogens is 228 g/mol. The summed E-state index contributed by atoms with van der Waals surface area (Å²) in [6.45, 7) is 9.19. The molecule has 0 atom stereocenters. The van der Waals surface area contributed by atoms with Crippen LogP contribution in [-0.4, -0.2) is 0 Å². The summed E-state index contributed by atoms with van der Waals surface area (Å²) in [6, 6.07) is 0. The van der Waals surface area contributed by atoms with Crippen molar-refractivity contribution in [3.05, 3.63) is 6.42 Å². The van der Waals surface area contributed by atoms with E-state index in [-0.39, 0.29) is 0 Å². The van der Waals surface area contributed by atoms with Gasteiger partial charge in [-0.1, -0.05) is 105 Å². The predicted molar refractivity (Wildman–Crippen MR) is 89.5 cm³/mol. The summed E-state index contributed by atoms with van der Waals surface area (Å²) >= 11 is 0. The molecule has 0 heterocycles. The van der Waals surface area contributed by atoms with E-state index in [1.165, 1.54) is 83.5 Å². The molecule has 0 rings (SSSR count). The van der Waals surface area contributed by atoms with Crippen molar-refractivity contribution in [2.24, 2.45) is 5.41 Å². The van der Waals surface area contributed by atoms with Gasteiger partial charge in [0.05, 0.1) is 0 Å². The van der Waals surface area contributed by atoms with Gasteiger partial charge < -0.3 is 0 Å². The van der Waals surface area contributed by atoms with Gasteiger partial charge in [0.1, 0.15) is 0 Å². The summed E-state index contributed by atoms with van der Waals surface area (Å²) < 4.78 is 0. The van der Waals surface area contributed by atoms with Crippen molar-refractivity contribution in [1.29, 1.82) is 0 Å². The molecule has 0 nitrogen and oxygen atoms in total. The van der Waals surface area contributed by atoms with E-state index < -0.39 is 0 Å². The summed E-state index contributed by atoms with van der Waals surface area (Å²) in [5, 5.41) is 0. The Kier molecular flexibility index (Phi) is 13.0. The molecule has 0 unspecified atom stereocenters. The third-order valence-corrected chi connectivity index (χ3v) is 3.81. The summed E-state index contributed by atoms with van der Waals surface area (Å²) in [5.41, 5.74) is 0.414. The molecule has 115 valence electrons. The predicted octanol–water partition coefficient (Wildman–Crippen LogP) is 7.33. The molecule has 0 fully saturated rings. The second-order valence-corrected chi connectivity index (χ2v) is 7.25. The van der Waals surface area contributed by atoms with E-state index >= 15 is 0 Å². The minimum atomic E-state index is 0.414. The molecule has 0 saturated heterocycles. The quantitative estimate of drug-likeness (QED) is 0.306. The first-order valence-electron chi connectivity index (χ1n) is 8.90. The van der Waals surface area contributed by atoms with Crippen molar-refractivity contribution in [2.45, 2.75) is 111 Å². The Bertz CT molecular complexity index is 163. The van der Waals surface area contributed by atoms with Crippen LogP contribution >= 0.6 is 0 Å². The third-order valence-electron chi connectivity index (χ3n) is 3.81. The van der Waals surface area contributed by atoms with E-state index in [0.717, 1.165) is 0 Å².